The fourth-order valence-electron chi connectivity index (χ4n) is 3.91. The third kappa shape index (κ3) is 8.79. The molecular weight excluding hydrogens is 543 g/mol. The molecule has 0 amide bonds. The van der Waals surface area contributed by atoms with Crippen molar-refractivity contribution in [2.45, 2.75) is 38.6 Å². The SMILES string of the molecule is Cl.Cl.Clc1ccc(COc2ccc(CNC3CCN(Cc4ccccc4)CC3)cc2Br)cc1. The molecule has 0 aromatic heterocycles. The largest absolute Gasteiger partial charge is 0.488 e. The van der Waals surface area contributed by atoms with Crippen molar-refractivity contribution in [3.05, 3.63) is 99.0 Å². The third-order valence-electron chi connectivity index (χ3n) is 5.74. The number of nitrogens with one attached hydrogen (secondary N) is 1. The highest BCUT2D eigenvalue weighted by atomic mass is 79.9. The van der Waals surface area contributed by atoms with E-state index < -0.39 is 0 Å². The molecule has 1 aliphatic rings. The fourth-order valence-corrected chi connectivity index (χ4v) is 4.58. The molecule has 3 nitrogen and oxygen atoms in total. The van der Waals surface area contributed by atoms with Crippen LogP contribution in [0, 0.1) is 0 Å². The van der Waals surface area contributed by atoms with Gasteiger partial charge in [-0.2, -0.15) is 0 Å². The summed E-state index contributed by atoms with van der Waals surface area (Å²) in [5.74, 6) is 0.855. The van der Waals surface area contributed by atoms with Crippen molar-refractivity contribution in [1.29, 1.82) is 0 Å². The minimum absolute atomic E-state index is 0. The van der Waals surface area contributed by atoms with E-state index in [1.54, 1.807) is 0 Å². The molecule has 0 unspecified atom stereocenters. The molecule has 1 N–H and O–H groups in total. The predicted octanol–water partition coefficient (Wildman–Crippen LogP) is 7.28. The smallest absolute Gasteiger partial charge is 0.134 e. The van der Waals surface area contributed by atoms with E-state index in [2.05, 4.69) is 68.6 Å². The lowest BCUT2D eigenvalue weighted by Crippen LogP contribution is -2.41. The second-order valence-corrected chi connectivity index (χ2v) is 9.39. The molecule has 0 aliphatic carbocycles. The number of likely N-dealkylation sites (tertiary alicyclic amines) is 1. The first kappa shape index (κ1) is 28.0. The van der Waals surface area contributed by atoms with Crippen LogP contribution in [0.15, 0.2) is 77.3 Å². The molecule has 0 bridgehead atoms. The molecule has 3 aromatic rings. The van der Waals surface area contributed by atoms with Crippen molar-refractivity contribution in [2.24, 2.45) is 0 Å². The van der Waals surface area contributed by atoms with Gasteiger partial charge in [0, 0.05) is 24.2 Å². The maximum absolute atomic E-state index is 5.96. The van der Waals surface area contributed by atoms with Gasteiger partial charge in [-0.3, -0.25) is 4.90 Å². The highest BCUT2D eigenvalue weighted by molar-refractivity contribution is 9.10. The number of nitrogens with zero attached hydrogens (tertiary/aromatic N) is 1. The van der Waals surface area contributed by atoms with Gasteiger partial charge in [0.15, 0.2) is 0 Å². The van der Waals surface area contributed by atoms with E-state index in [-0.39, 0.29) is 24.8 Å². The lowest BCUT2D eigenvalue weighted by atomic mass is 10.0. The van der Waals surface area contributed by atoms with Crippen LogP contribution in [0.5, 0.6) is 5.75 Å². The van der Waals surface area contributed by atoms with Crippen molar-refractivity contribution in [3.8, 4) is 5.75 Å². The Bertz CT molecular complexity index is 965. The molecular formula is C26H30BrCl3N2O. The molecule has 7 heteroatoms. The zero-order valence-electron chi connectivity index (χ0n) is 18.4. The minimum Gasteiger partial charge on any atom is -0.488 e. The summed E-state index contributed by atoms with van der Waals surface area (Å²) in [6, 6.07) is 25.4. The van der Waals surface area contributed by atoms with E-state index in [4.69, 9.17) is 16.3 Å². The van der Waals surface area contributed by atoms with Crippen LogP contribution in [0.3, 0.4) is 0 Å². The van der Waals surface area contributed by atoms with Crippen molar-refractivity contribution in [2.75, 3.05) is 13.1 Å². The molecule has 1 aliphatic heterocycles. The Morgan fingerprint density at radius 2 is 1.55 bits per heavy atom. The average Bonchev–Trinajstić information content (AvgIpc) is 2.80. The summed E-state index contributed by atoms with van der Waals surface area (Å²) >= 11 is 9.60. The standard InChI is InChI=1S/C26H28BrClN2O.2ClH/c27-25-16-22(8-11-26(25)31-19-21-6-9-23(28)10-7-21)17-29-24-12-14-30(15-13-24)18-20-4-2-1-3-5-20;;/h1-11,16,24,29H,12-15,17-19H2;2*1H. The van der Waals surface area contributed by atoms with Gasteiger partial charge in [-0.1, -0.05) is 60.1 Å². The van der Waals surface area contributed by atoms with Gasteiger partial charge in [0.1, 0.15) is 12.4 Å². The summed E-state index contributed by atoms with van der Waals surface area (Å²) in [6.07, 6.45) is 2.38. The quantitative estimate of drug-likeness (QED) is 0.307. The average molecular weight is 573 g/mol. The summed E-state index contributed by atoms with van der Waals surface area (Å²) in [5.41, 5.74) is 3.76. The lowest BCUT2D eigenvalue weighted by Gasteiger charge is -2.32. The number of halogens is 4. The Morgan fingerprint density at radius 3 is 2.21 bits per heavy atom. The van der Waals surface area contributed by atoms with E-state index >= 15 is 0 Å². The van der Waals surface area contributed by atoms with Crippen molar-refractivity contribution < 1.29 is 4.74 Å². The van der Waals surface area contributed by atoms with Gasteiger partial charge in [-0.15, -0.1) is 24.8 Å². The van der Waals surface area contributed by atoms with E-state index in [1.807, 2.05) is 30.3 Å². The van der Waals surface area contributed by atoms with Gasteiger partial charge in [0.05, 0.1) is 4.47 Å². The molecule has 33 heavy (non-hydrogen) atoms. The summed E-state index contributed by atoms with van der Waals surface area (Å²) in [7, 11) is 0. The Balaban J connectivity index is 0.00000193. The van der Waals surface area contributed by atoms with Gasteiger partial charge in [-0.25, -0.2) is 0 Å². The van der Waals surface area contributed by atoms with Crippen LogP contribution in [-0.2, 0) is 19.7 Å². The molecule has 1 saturated heterocycles. The number of rotatable bonds is 8. The molecule has 0 radical (unpaired) electrons. The minimum atomic E-state index is 0. The first-order valence-corrected chi connectivity index (χ1v) is 12.0. The monoisotopic (exact) mass is 570 g/mol. The second kappa shape index (κ2) is 14.2. The summed E-state index contributed by atoms with van der Waals surface area (Å²) in [6.45, 7) is 4.74. The summed E-state index contributed by atoms with van der Waals surface area (Å²) in [5, 5.41) is 4.47. The zero-order valence-corrected chi connectivity index (χ0v) is 22.4. The molecule has 178 valence electrons. The van der Waals surface area contributed by atoms with E-state index in [0.717, 1.165) is 47.0 Å². The molecule has 1 heterocycles. The van der Waals surface area contributed by atoms with Crippen LogP contribution >= 0.6 is 52.3 Å². The Kier molecular flexibility index (Phi) is 12.0. The van der Waals surface area contributed by atoms with E-state index in [1.165, 1.54) is 24.0 Å². The van der Waals surface area contributed by atoms with E-state index in [9.17, 15) is 0 Å². The Morgan fingerprint density at radius 1 is 0.879 bits per heavy atom. The number of benzene rings is 3. The second-order valence-electron chi connectivity index (χ2n) is 8.10. The van der Waals surface area contributed by atoms with Crippen molar-refractivity contribution >= 4 is 52.3 Å². The van der Waals surface area contributed by atoms with Gasteiger partial charge < -0.3 is 10.1 Å². The fraction of sp³-hybridized carbons (Fsp3) is 0.308. The van der Waals surface area contributed by atoms with Crippen molar-refractivity contribution in [1.82, 2.24) is 10.2 Å². The highest BCUT2D eigenvalue weighted by Gasteiger charge is 2.18. The van der Waals surface area contributed by atoms with Crippen LogP contribution in [0.4, 0.5) is 0 Å². The van der Waals surface area contributed by atoms with Crippen LogP contribution in [-0.4, -0.2) is 24.0 Å². The normalized spacial score (nSPS) is 14.2. The first-order chi connectivity index (χ1) is 15.2. The molecule has 0 saturated carbocycles. The number of hydrogen-bond donors (Lipinski definition) is 1. The summed E-state index contributed by atoms with van der Waals surface area (Å²) < 4.78 is 6.94. The lowest BCUT2D eigenvalue weighted by molar-refractivity contribution is 0.190. The van der Waals surface area contributed by atoms with Gasteiger partial charge in [0.25, 0.3) is 0 Å². The molecule has 3 aromatic carbocycles. The Labute approximate surface area is 222 Å². The number of ether oxygens (including phenoxy) is 1. The number of hydrogen-bond acceptors (Lipinski definition) is 3. The van der Waals surface area contributed by atoms with Gasteiger partial charge in [-0.05, 0) is 82.8 Å². The molecule has 0 spiro atoms. The zero-order chi connectivity index (χ0) is 21.5. The van der Waals surface area contributed by atoms with Crippen LogP contribution in [0.25, 0.3) is 0 Å². The van der Waals surface area contributed by atoms with Crippen LogP contribution in [0.2, 0.25) is 5.02 Å². The van der Waals surface area contributed by atoms with Gasteiger partial charge in [0.2, 0.25) is 0 Å². The predicted molar refractivity (Wildman–Crippen MR) is 146 cm³/mol. The third-order valence-corrected chi connectivity index (χ3v) is 6.61. The number of piperidine rings is 1. The Hall–Kier alpha value is -1.27. The first-order valence-electron chi connectivity index (χ1n) is 10.8. The molecule has 4 rings (SSSR count). The van der Waals surface area contributed by atoms with Crippen LogP contribution < -0.4 is 10.1 Å². The van der Waals surface area contributed by atoms with Crippen LogP contribution in [0.1, 0.15) is 29.5 Å². The van der Waals surface area contributed by atoms with Gasteiger partial charge >= 0.3 is 0 Å². The maximum atomic E-state index is 5.96. The van der Waals surface area contributed by atoms with Crippen molar-refractivity contribution in [3.63, 3.8) is 0 Å². The molecule has 0 atom stereocenters. The topological polar surface area (TPSA) is 24.5 Å². The maximum Gasteiger partial charge on any atom is 0.134 e. The van der Waals surface area contributed by atoms with E-state index in [0.29, 0.717) is 12.6 Å². The summed E-state index contributed by atoms with van der Waals surface area (Å²) in [4.78, 5) is 2.55. The highest BCUT2D eigenvalue weighted by Crippen LogP contribution is 2.27. The molecule has 1 fully saturated rings.